The molecular formula is C12H22N2O3S. The summed E-state index contributed by atoms with van der Waals surface area (Å²) < 4.78 is 31.3. The van der Waals surface area contributed by atoms with Gasteiger partial charge in [-0.25, -0.2) is 0 Å². The second kappa shape index (κ2) is 7.53. The lowest BCUT2D eigenvalue weighted by Gasteiger charge is -2.26. The predicted octanol–water partition coefficient (Wildman–Crippen LogP) is 2.42. The Kier molecular flexibility index (Phi) is 6.35. The zero-order valence-corrected chi connectivity index (χ0v) is 11.6. The Hall–Kier alpha value is -0.880. The SMILES string of the molecule is CCCCCCCCN1C=CC=NC1S(=O)(=O)O. The van der Waals surface area contributed by atoms with E-state index in [1.165, 1.54) is 31.9 Å². The van der Waals surface area contributed by atoms with Crippen LogP contribution in [0.5, 0.6) is 0 Å². The molecule has 18 heavy (non-hydrogen) atoms. The third-order valence-corrected chi connectivity index (χ3v) is 3.82. The van der Waals surface area contributed by atoms with E-state index in [2.05, 4.69) is 11.9 Å². The molecule has 1 aliphatic heterocycles. The van der Waals surface area contributed by atoms with Crippen molar-refractivity contribution in [1.29, 1.82) is 0 Å². The second-order valence-electron chi connectivity index (χ2n) is 4.49. The number of rotatable bonds is 8. The Balaban J connectivity index is 2.32. The maximum Gasteiger partial charge on any atom is 0.307 e. The van der Waals surface area contributed by atoms with Crippen LogP contribution in [0, 0.1) is 0 Å². The van der Waals surface area contributed by atoms with Crippen LogP contribution in [0.15, 0.2) is 17.3 Å². The maximum atomic E-state index is 11.1. The third kappa shape index (κ3) is 5.18. The molecule has 104 valence electrons. The summed E-state index contributed by atoms with van der Waals surface area (Å²) in [5.74, 6) is 0. The summed E-state index contributed by atoms with van der Waals surface area (Å²) in [5, 5.41) is 0. The summed E-state index contributed by atoms with van der Waals surface area (Å²) in [7, 11) is -4.15. The fourth-order valence-electron chi connectivity index (χ4n) is 1.94. The van der Waals surface area contributed by atoms with Crippen molar-refractivity contribution in [1.82, 2.24) is 4.90 Å². The molecule has 0 amide bonds. The Labute approximate surface area is 109 Å². The molecule has 1 atom stereocenters. The van der Waals surface area contributed by atoms with Crippen molar-refractivity contribution in [3.8, 4) is 0 Å². The molecule has 0 radical (unpaired) electrons. The number of allylic oxidation sites excluding steroid dienone is 1. The Morgan fingerprint density at radius 3 is 2.56 bits per heavy atom. The van der Waals surface area contributed by atoms with E-state index in [-0.39, 0.29) is 0 Å². The van der Waals surface area contributed by atoms with Crippen molar-refractivity contribution < 1.29 is 13.0 Å². The Bertz CT molecular complexity index is 390. The van der Waals surface area contributed by atoms with Gasteiger partial charge in [-0.1, -0.05) is 39.0 Å². The highest BCUT2D eigenvalue weighted by Gasteiger charge is 2.27. The largest absolute Gasteiger partial charge is 0.342 e. The van der Waals surface area contributed by atoms with Gasteiger partial charge in [0.15, 0.2) is 0 Å². The highest BCUT2D eigenvalue weighted by molar-refractivity contribution is 7.86. The van der Waals surface area contributed by atoms with Crippen molar-refractivity contribution in [2.75, 3.05) is 6.54 Å². The van der Waals surface area contributed by atoms with Gasteiger partial charge in [0.2, 0.25) is 5.50 Å². The van der Waals surface area contributed by atoms with Gasteiger partial charge in [0.05, 0.1) is 0 Å². The van der Waals surface area contributed by atoms with Crippen molar-refractivity contribution in [2.45, 2.75) is 50.9 Å². The normalized spacial score (nSPS) is 19.4. The van der Waals surface area contributed by atoms with Gasteiger partial charge < -0.3 is 4.90 Å². The van der Waals surface area contributed by atoms with Gasteiger partial charge >= 0.3 is 10.1 Å². The molecule has 0 spiro atoms. The van der Waals surface area contributed by atoms with Gasteiger partial charge in [-0.2, -0.15) is 8.42 Å². The van der Waals surface area contributed by atoms with E-state index in [9.17, 15) is 8.42 Å². The van der Waals surface area contributed by atoms with Crippen LogP contribution >= 0.6 is 0 Å². The van der Waals surface area contributed by atoms with Gasteiger partial charge in [-0.05, 0) is 12.5 Å². The van der Waals surface area contributed by atoms with Gasteiger partial charge in [-0.3, -0.25) is 9.55 Å². The van der Waals surface area contributed by atoms with Crippen LogP contribution in [0.2, 0.25) is 0 Å². The summed E-state index contributed by atoms with van der Waals surface area (Å²) in [5.41, 5.74) is -1.17. The van der Waals surface area contributed by atoms with Crippen molar-refractivity contribution >= 4 is 16.3 Å². The molecule has 0 saturated carbocycles. The summed E-state index contributed by atoms with van der Waals surface area (Å²) >= 11 is 0. The van der Waals surface area contributed by atoms with Crippen LogP contribution in [-0.4, -0.2) is 36.1 Å². The molecule has 0 fully saturated rings. The molecule has 1 unspecified atom stereocenters. The smallest absolute Gasteiger partial charge is 0.307 e. The number of hydrogen-bond donors (Lipinski definition) is 1. The zero-order chi connectivity index (χ0) is 13.4. The van der Waals surface area contributed by atoms with Crippen LogP contribution in [0.3, 0.4) is 0 Å². The average Bonchev–Trinajstić information content (AvgIpc) is 2.33. The maximum absolute atomic E-state index is 11.1. The molecule has 0 aromatic heterocycles. The van der Waals surface area contributed by atoms with Crippen molar-refractivity contribution in [3.63, 3.8) is 0 Å². The van der Waals surface area contributed by atoms with Gasteiger partial charge in [0, 0.05) is 19.0 Å². The first-order valence-electron chi connectivity index (χ1n) is 6.47. The second-order valence-corrected chi connectivity index (χ2v) is 5.94. The van der Waals surface area contributed by atoms with Crippen LogP contribution in [0.1, 0.15) is 45.4 Å². The van der Waals surface area contributed by atoms with Crippen LogP contribution in [0.4, 0.5) is 0 Å². The molecule has 5 nitrogen and oxygen atoms in total. The van der Waals surface area contributed by atoms with E-state index >= 15 is 0 Å². The molecular weight excluding hydrogens is 252 g/mol. The molecule has 1 heterocycles. The first-order valence-corrected chi connectivity index (χ1v) is 7.98. The molecule has 1 aliphatic rings. The zero-order valence-electron chi connectivity index (χ0n) is 10.8. The molecule has 0 bridgehead atoms. The number of unbranched alkanes of at least 4 members (excludes halogenated alkanes) is 5. The molecule has 0 aromatic rings. The number of hydrogen-bond acceptors (Lipinski definition) is 4. The third-order valence-electron chi connectivity index (χ3n) is 2.90. The summed E-state index contributed by atoms with van der Waals surface area (Å²) in [6.07, 6.45) is 11.6. The highest BCUT2D eigenvalue weighted by atomic mass is 32.2. The summed E-state index contributed by atoms with van der Waals surface area (Å²) in [6, 6.07) is 0. The Morgan fingerprint density at radius 2 is 1.89 bits per heavy atom. The van der Waals surface area contributed by atoms with E-state index in [0.29, 0.717) is 6.54 Å². The minimum Gasteiger partial charge on any atom is -0.342 e. The monoisotopic (exact) mass is 274 g/mol. The minimum absolute atomic E-state index is 0.602. The first-order chi connectivity index (χ1) is 8.55. The molecule has 0 aromatic carbocycles. The molecule has 1 rings (SSSR count). The summed E-state index contributed by atoms with van der Waals surface area (Å²) in [6.45, 7) is 2.78. The standard InChI is InChI=1S/C12H22N2O3S/c1-2-3-4-5-6-7-10-14-11-8-9-13-12(14)18(15,16)17/h8-9,11-12H,2-7,10H2,1H3,(H,15,16,17). The van der Waals surface area contributed by atoms with Crippen LogP contribution < -0.4 is 0 Å². The van der Waals surface area contributed by atoms with Gasteiger partial charge in [0.1, 0.15) is 0 Å². The Morgan fingerprint density at radius 1 is 1.22 bits per heavy atom. The van der Waals surface area contributed by atoms with E-state index in [4.69, 9.17) is 4.55 Å². The quantitative estimate of drug-likeness (QED) is 0.545. The predicted molar refractivity (Wildman–Crippen MR) is 73.1 cm³/mol. The molecule has 1 N–H and O–H groups in total. The first kappa shape index (κ1) is 15.2. The van der Waals surface area contributed by atoms with Gasteiger partial charge in [0.25, 0.3) is 0 Å². The fraction of sp³-hybridized carbons (Fsp3) is 0.750. The van der Waals surface area contributed by atoms with E-state index < -0.39 is 15.6 Å². The van der Waals surface area contributed by atoms with E-state index in [1.54, 1.807) is 17.2 Å². The fourth-order valence-corrected chi connectivity index (χ4v) is 2.68. The highest BCUT2D eigenvalue weighted by Crippen LogP contribution is 2.14. The van der Waals surface area contributed by atoms with Crippen LogP contribution in [0.25, 0.3) is 0 Å². The molecule has 0 aliphatic carbocycles. The van der Waals surface area contributed by atoms with E-state index in [0.717, 1.165) is 12.8 Å². The number of nitrogens with zero attached hydrogens (tertiary/aromatic N) is 2. The van der Waals surface area contributed by atoms with Gasteiger partial charge in [-0.15, -0.1) is 0 Å². The lowest BCUT2D eigenvalue weighted by molar-refractivity contribution is 0.313. The average molecular weight is 274 g/mol. The lowest BCUT2D eigenvalue weighted by atomic mass is 10.1. The van der Waals surface area contributed by atoms with E-state index in [1.807, 2.05) is 0 Å². The number of aliphatic imine (C=N–C) groups is 1. The van der Waals surface area contributed by atoms with Crippen molar-refractivity contribution in [2.24, 2.45) is 4.99 Å². The minimum atomic E-state index is -4.15. The molecule has 0 saturated heterocycles. The molecule has 6 heteroatoms. The van der Waals surface area contributed by atoms with Crippen molar-refractivity contribution in [3.05, 3.63) is 12.3 Å². The summed E-state index contributed by atoms with van der Waals surface area (Å²) in [4.78, 5) is 5.35. The van der Waals surface area contributed by atoms with Crippen LogP contribution in [-0.2, 0) is 10.1 Å². The lowest BCUT2D eigenvalue weighted by Crippen LogP contribution is -2.38. The topological polar surface area (TPSA) is 70.0 Å².